The van der Waals surface area contributed by atoms with E-state index in [1.165, 1.54) is 13.2 Å². The number of benzene rings is 1. The first-order valence-electron chi connectivity index (χ1n) is 9.83. The summed E-state index contributed by atoms with van der Waals surface area (Å²) in [5.41, 5.74) is 3.00. The molecule has 0 saturated carbocycles. The van der Waals surface area contributed by atoms with Crippen molar-refractivity contribution in [2.24, 2.45) is 0 Å². The van der Waals surface area contributed by atoms with E-state index in [0.29, 0.717) is 38.5 Å². The first kappa shape index (κ1) is 20.6. The van der Waals surface area contributed by atoms with Crippen LogP contribution in [0.15, 0.2) is 41.0 Å². The average molecular weight is 397 g/mol. The number of carbonyl (C=O) groups is 3. The number of aryl methyl sites for hydroxylation is 1. The molecule has 0 unspecified atom stereocenters. The molecule has 3 rings (SSSR count). The van der Waals surface area contributed by atoms with Crippen LogP contribution >= 0.6 is 0 Å². The van der Waals surface area contributed by atoms with E-state index >= 15 is 0 Å². The van der Waals surface area contributed by atoms with Gasteiger partial charge in [-0.1, -0.05) is 12.1 Å². The van der Waals surface area contributed by atoms with E-state index in [1.807, 2.05) is 32.0 Å². The quantitative estimate of drug-likeness (QED) is 0.777. The Morgan fingerprint density at radius 2 is 1.69 bits per heavy atom. The molecule has 154 valence electrons. The normalized spacial score (nSPS) is 14.0. The number of nitrogens with zero attached hydrogens (tertiary/aromatic N) is 3. The SMILES string of the molecule is CC(=O)N(CCC(=O)N1CCN(C(=O)c2ccco2)CC1)c1cccc(C)c1C. The summed E-state index contributed by atoms with van der Waals surface area (Å²) in [7, 11) is 0. The first-order chi connectivity index (χ1) is 13.9. The molecule has 7 heteroatoms. The lowest BCUT2D eigenvalue weighted by Crippen LogP contribution is -2.51. The topological polar surface area (TPSA) is 74.1 Å². The molecule has 1 saturated heterocycles. The van der Waals surface area contributed by atoms with Crippen LogP contribution in [-0.2, 0) is 9.59 Å². The van der Waals surface area contributed by atoms with Crippen LogP contribution in [0.25, 0.3) is 0 Å². The molecule has 1 fully saturated rings. The molecule has 1 aliphatic heterocycles. The minimum absolute atomic E-state index is 0.00773. The highest BCUT2D eigenvalue weighted by Gasteiger charge is 2.26. The van der Waals surface area contributed by atoms with Crippen LogP contribution in [0.4, 0.5) is 5.69 Å². The fourth-order valence-corrected chi connectivity index (χ4v) is 3.56. The van der Waals surface area contributed by atoms with Gasteiger partial charge >= 0.3 is 0 Å². The monoisotopic (exact) mass is 397 g/mol. The Hall–Kier alpha value is -3.09. The van der Waals surface area contributed by atoms with Crippen molar-refractivity contribution in [3.63, 3.8) is 0 Å². The van der Waals surface area contributed by atoms with Crippen LogP contribution in [-0.4, -0.2) is 60.2 Å². The van der Waals surface area contributed by atoms with Gasteiger partial charge in [0.05, 0.1) is 6.26 Å². The van der Waals surface area contributed by atoms with Gasteiger partial charge in [0.2, 0.25) is 11.8 Å². The zero-order valence-electron chi connectivity index (χ0n) is 17.2. The molecule has 0 N–H and O–H groups in total. The smallest absolute Gasteiger partial charge is 0.289 e. The van der Waals surface area contributed by atoms with Gasteiger partial charge in [0.25, 0.3) is 5.91 Å². The Morgan fingerprint density at radius 3 is 2.31 bits per heavy atom. The van der Waals surface area contributed by atoms with Crippen molar-refractivity contribution in [3.8, 4) is 0 Å². The molecule has 2 aromatic rings. The Balaban J connectivity index is 1.55. The lowest BCUT2D eigenvalue weighted by atomic mass is 10.1. The van der Waals surface area contributed by atoms with Crippen molar-refractivity contribution in [1.82, 2.24) is 9.80 Å². The van der Waals surface area contributed by atoms with E-state index < -0.39 is 0 Å². The standard InChI is InChI=1S/C22H27N3O4/c1-16-6-4-7-19(17(16)2)25(18(3)26)10-9-21(27)23-11-13-24(14-12-23)22(28)20-8-5-15-29-20/h4-8,15H,9-14H2,1-3H3. The number of hydrogen-bond donors (Lipinski definition) is 0. The van der Waals surface area contributed by atoms with E-state index in [2.05, 4.69) is 0 Å². The summed E-state index contributed by atoms with van der Waals surface area (Å²) in [5.74, 6) is 0.0715. The highest BCUT2D eigenvalue weighted by atomic mass is 16.3. The molecule has 0 aliphatic carbocycles. The van der Waals surface area contributed by atoms with Gasteiger partial charge in [0.1, 0.15) is 0 Å². The average Bonchev–Trinajstić information content (AvgIpc) is 3.25. The van der Waals surface area contributed by atoms with Crippen molar-refractivity contribution in [3.05, 3.63) is 53.5 Å². The van der Waals surface area contributed by atoms with E-state index in [0.717, 1.165) is 16.8 Å². The minimum Gasteiger partial charge on any atom is -0.459 e. The maximum atomic E-state index is 12.7. The third kappa shape index (κ3) is 4.67. The second-order valence-corrected chi connectivity index (χ2v) is 7.29. The second kappa shape index (κ2) is 8.94. The summed E-state index contributed by atoms with van der Waals surface area (Å²) in [4.78, 5) is 42.3. The van der Waals surface area contributed by atoms with E-state index in [9.17, 15) is 14.4 Å². The largest absolute Gasteiger partial charge is 0.459 e. The summed E-state index contributed by atoms with van der Waals surface area (Å²) >= 11 is 0. The molecule has 0 radical (unpaired) electrons. The number of anilines is 1. The number of furan rings is 1. The van der Waals surface area contributed by atoms with Crippen LogP contribution in [0.2, 0.25) is 0 Å². The highest BCUT2D eigenvalue weighted by molar-refractivity contribution is 5.93. The third-order valence-corrected chi connectivity index (χ3v) is 5.45. The Bertz CT molecular complexity index is 883. The van der Waals surface area contributed by atoms with E-state index in [1.54, 1.807) is 26.8 Å². The van der Waals surface area contributed by atoms with E-state index in [4.69, 9.17) is 4.42 Å². The molecule has 0 atom stereocenters. The summed E-state index contributed by atoms with van der Waals surface area (Å²) < 4.78 is 5.16. The van der Waals surface area contributed by atoms with E-state index in [-0.39, 0.29) is 24.1 Å². The van der Waals surface area contributed by atoms with Crippen molar-refractivity contribution < 1.29 is 18.8 Å². The Morgan fingerprint density at radius 1 is 1.00 bits per heavy atom. The third-order valence-electron chi connectivity index (χ3n) is 5.45. The fourth-order valence-electron chi connectivity index (χ4n) is 3.56. The van der Waals surface area contributed by atoms with Crippen molar-refractivity contribution in [2.45, 2.75) is 27.2 Å². The summed E-state index contributed by atoms with van der Waals surface area (Å²) in [6, 6.07) is 9.16. The second-order valence-electron chi connectivity index (χ2n) is 7.29. The van der Waals surface area contributed by atoms with Gasteiger partial charge in [-0.2, -0.15) is 0 Å². The molecule has 1 aromatic heterocycles. The van der Waals surface area contributed by atoms with Crippen LogP contribution in [0.3, 0.4) is 0 Å². The molecular weight excluding hydrogens is 370 g/mol. The van der Waals surface area contributed by atoms with Gasteiger partial charge in [-0.15, -0.1) is 0 Å². The zero-order chi connectivity index (χ0) is 21.0. The summed E-state index contributed by atoms with van der Waals surface area (Å²) in [6.45, 7) is 7.75. The molecule has 3 amide bonds. The summed E-state index contributed by atoms with van der Waals surface area (Å²) in [6.07, 6.45) is 1.73. The first-order valence-corrected chi connectivity index (χ1v) is 9.83. The number of amides is 3. The van der Waals surface area contributed by atoms with Gasteiger partial charge in [-0.3, -0.25) is 14.4 Å². The summed E-state index contributed by atoms with van der Waals surface area (Å²) in [5, 5.41) is 0. The number of piperazine rings is 1. The van der Waals surface area contributed by atoms with Crippen molar-refractivity contribution in [1.29, 1.82) is 0 Å². The van der Waals surface area contributed by atoms with Gasteiger partial charge in [0.15, 0.2) is 5.76 Å². The number of hydrogen-bond acceptors (Lipinski definition) is 4. The molecule has 1 aromatic carbocycles. The highest BCUT2D eigenvalue weighted by Crippen LogP contribution is 2.23. The Kier molecular flexibility index (Phi) is 6.36. The van der Waals surface area contributed by atoms with Crippen LogP contribution in [0, 0.1) is 13.8 Å². The van der Waals surface area contributed by atoms with Gasteiger partial charge in [0, 0.05) is 51.8 Å². The molecule has 1 aliphatic rings. The molecule has 0 spiro atoms. The van der Waals surface area contributed by atoms with Gasteiger partial charge in [-0.05, 0) is 43.2 Å². The van der Waals surface area contributed by atoms with Crippen LogP contribution in [0.5, 0.6) is 0 Å². The lowest BCUT2D eigenvalue weighted by Gasteiger charge is -2.35. The van der Waals surface area contributed by atoms with Gasteiger partial charge in [-0.25, -0.2) is 0 Å². The minimum atomic E-state index is -0.153. The van der Waals surface area contributed by atoms with Crippen molar-refractivity contribution >= 4 is 23.4 Å². The Labute approximate surface area is 170 Å². The maximum absolute atomic E-state index is 12.7. The van der Waals surface area contributed by atoms with Crippen molar-refractivity contribution in [2.75, 3.05) is 37.6 Å². The van der Waals surface area contributed by atoms with Crippen LogP contribution < -0.4 is 4.90 Å². The zero-order valence-corrected chi connectivity index (χ0v) is 17.2. The molecular formula is C22H27N3O4. The molecule has 29 heavy (non-hydrogen) atoms. The van der Waals surface area contributed by atoms with Gasteiger partial charge < -0.3 is 19.1 Å². The maximum Gasteiger partial charge on any atom is 0.289 e. The predicted molar refractivity (Wildman–Crippen MR) is 110 cm³/mol. The number of carbonyl (C=O) groups excluding carboxylic acids is 3. The molecule has 0 bridgehead atoms. The molecule has 2 heterocycles. The number of rotatable bonds is 5. The predicted octanol–water partition coefficient (Wildman–Crippen LogP) is 2.62. The lowest BCUT2D eigenvalue weighted by molar-refractivity contribution is -0.132. The molecule has 7 nitrogen and oxygen atoms in total. The fraction of sp³-hybridized carbons (Fsp3) is 0.409. The van der Waals surface area contributed by atoms with Crippen LogP contribution in [0.1, 0.15) is 35.0 Å².